The van der Waals surface area contributed by atoms with Gasteiger partial charge in [0, 0.05) is 24.2 Å². The van der Waals surface area contributed by atoms with Crippen LogP contribution in [0.5, 0.6) is 0 Å². The van der Waals surface area contributed by atoms with E-state index in [0.717, 1.165) is 29.9 Å². The lowest BCUT2D eigenvalue weighted by molar-refractivity contribution is 0.0950. The second-order valence-corrected chi connectivity index (χ2v) is 6.87. The van der Waals surface area contributed by atoms with Crippen LogP contribution in [0.25, 0.3) is 11.0 Å². The van der Waals surface area contributed by atoms with Crippen molar-refractivity contribution in [3.63, 3.8) is 0 Å². The van der Waals surface area contributed by atoms with E-state index in [-0.39, 0.29) is 11.9 Å². The topological polar surface area (TPSA) is 59.8 Å². The van der Waals surface area contributed by atoms with E-state index in [9.17, 15) is 4.79 Å². The molecule has 1 aliphatic rings. The third kappa shape index (κ3) is 3.71. The molecule has 0 saturated heterocycles. The van der Waals surface area contributed by atoms with Crippen molar-refractivity contribution < 1.29 is 4.79 Å². The predicted molar refractivity (Wildman–Crippen MR) is 91.4 cm³/mol. The van der Waals surface area contributed by atoms with Gasteiger partial charge in [0.15, 0.2) is 5.65 Å². The van der Waals surface area contributed by atoms with Crippen LogP contribution in [-0.4, -0.2) is 27.2 Å². The largest absolute Gasteiger partial charge is 0.352 e. The molecule has 2 aromatic rings. The first kappa shape index (κ1) is 16.0. The number of carbonyl (C=O) groups excluding carboxylic acids is 1. The summed E-state index contributed by atoms with van der Waals surface area (Å²) in [6, 6.07) is 2.14. The number of amides is 1. The van der Waals surface area contributed by atoms with Gasteiger partial charge < -0.3 is 5.32 Å². The monoisotopic (exact) mass is 314 g/mol. The van der Waals surface area contributed by atoms with E-state index in [4.69, 9.17) is 0 Å². The SMILES string of the molecule is CC(C)n1ncc2cc(C(=O)NCCC3CCCCC3)cnc21. The first-order valence-electron chi connectivity index (χ1n) is 8.76. The zero-order valence-corrected chi connectivity index (χ0v) is 14.1. The third-order valence-corrected chi connectivity index (χ3v) is 4.75. The van der Waals surface area contributed by atoms with Crippen LogP contribution in [-0.2, 0) is 0 Å². The van der Waals surface area contributed by atoms with E-state index in [1.807, 2.05) is 10.7 Å². The molecule has 124 valence electrons. The Morgan fingerprint density at radius 1 is 1.30 bits per heavy atom. The molecule has 0 radical (unpaired) electrons. The quantitative estimate of drug-likeness (QED) is 0.915. The Labute approximate surface area is 137 Å². The van der Waals surface area contributed by atoms with Gasteiger partial charge >= 0.3 is 0 Å². The predicted octanol–water partition coefficient (Wildman–Crippen LogP) is 3.71. The lowest BCUT2D eigenvalue weighted by Crippen LogP contribution is -2.26. The highest BCUT2D eigenvalue weighted by Gasteiger charge is 2.15. The molecule has 2 heterocycles. The van der Waals surface area contributed by atoms with Crippen LogP contribution in [0.1, 0.15) is 68.8 Å². The van der Waals surface area contributed by atoms with Crippen LogP contribution in [0.2, 0.25) is 0 Å². The number of fused-ring (bicyclic) bond motifs is 1. The fourth-order valence-electron chi connectivity index (χ4n) is 3.41. The highest BCUT2D eigenvalue weighted by atomic mass is 16.1. The van der Waals surface area contributed by atoms with Crippen LogP contribution >= 0.6 is 0 Å². The van der Waals surface area contributed by atoms with Crippen LogP contribution in [0.3, 0.4) is 0 Å². The minimum atomic E-state index is -0.0347. The summed E-state index contributed by atoms with van der Waals surface area (Å²) in [5.41, 5.74) is 1.45. The van der Waals surface area contributed by atoms with Crippen molar-refractivity contribution in [1.29, 1.82) is 0 Å². The van der Waals surface area contributed by atoms with E-state index >= 15 is 0 Å². The zero-order valence-electron chi connectivity index (χ0n) is 14.1. The molecular weight excluding hydrogens is 288 g/mol. The maximum Gasteiger partial charge on any atom is 0.252 e. The Morgan fingerprint density at radius 3 is 2.83 bits per heavy atom. The second-order valence-electron chi connectivity index (χ2n) is 6.87. The average Bonchev–Trinajstić information content (AvgIpc) is 2.99. The maximum absolute atomic E-state index is 12.3. The number of hydrogen-bond acceptors (Lipinski definition) is 3. The fourth-order valence-corrected chi connectivity index (χ4v) is 3.41. The second kappa shape index (κ2) is 7.11. The van der Waals surface area contributed by atoms with Crippen LogP contribution in [0.15, 0.2) is 18.5 Å². The number of pyridine rings is 1. The summed E-state index contributed by atoms with van der Waals surface area (Å²) in [5.74, 6) is 0.751. The van der Waals surface area contributed by atoms with Crippen molar-refractivity contribution in [2.75, 3.05) is 6.54 Å². The fraction of sp³-hybridized carbons (Fsp3) is 0.611. The molecule has 5 heteroatoms. The summed E-state index contributed by atoms with van der Waals surface area (Å²) in [4.78, 5) is 16.7. The molecule has 0 aliphatic heterocycles. The molecule has 0 aromatic carbocycles. The highest BCUT2D eigenvalue weighted by molar-refractivity contribution is 5.96. The van der Waals surface area contributed by atoms with Gasteiger partial charge in [0.25, 0.3) is 5.91 Å². The Hall–Kier alpha value is -1.91. The van der Waals surface area contributed by atoms with E-state index in [1.165, 1.54) is 32.1 Å². The molecule has 1 amide bonds. The highest BCUT2D eigenvalue weighted by Crippen LogP contribution is 2.25. The zero-order chi connectivity index (χ0) is 16.2. The minimum Gasteiger partial charge on any atom is -0.352 e. The molecule has 5 nitrogen and oxygen atoms in total. The van der Waals surface area contributed by atoms with Crippen molar-refractivity contribution >= 4 is 16.9 Å². The van der Waals surface area contributed by atoms with Gasteiger partial charge in [0.1, 0.15) is 0 Å². The summed E-state index contributed by atoms with van der Waals surface area (Å²) in [7, 11) is 0. The molecule has 2 aromatic heterocycles. The minimum absolute atomic E-state index is 0.0347. The van der Waals surface area contributed by atoms with E-state index in [0.29, 0.717) is 5.56 Å². The standard InChI is InChI=1S/C18H26N4O/c1-13(2)22-17-15(12-21-22)10-16(11-20-17)18(23)19-9-8-14-6-4-3-5-7-14/h10-14H,3-9H2,1-2H3,(H,19,23). The summed E-state index contributed by atoms with van der Waals surface area (Å²) < 4.78 is 1.88. The number of rotatable bonds is 5. The van der Waals surface area contributed by atoms with Crippen LogP contribution < -0.4 is 5.32 Å². The van der Waals surface area contributed by atoms with Gasteiger partial charge in [-0.05, 0) is 32.3 Å². The van der Waals surface area contributed by atoms with Gasteiger partial charge in [-0.1, -0.05) is 32.1 Å². The normalized spacial score (nSPS) is 16.1. The molecule has 3 rings (SSSR count). The van der Waals surface area contributed by atoms with Crippen molar-refractivity contribution in [3.8, 4) is 0 Å². The Bertz CT molecular complexity index is 671. The summed E-state index contributed by atoms with van der Waals surface area (Å²) >= 11 is 0. The number of carbonyl (C=O) groups is 1. The Kier molecular flexibility index (Phi) is 4.94. The lowest BCUT2D eigenvalue weighted by atomic mass is 9.87. The molecule has 0 spiro atoms. The molecule has 1 saturated carbocycles. The first-order chi connectivity index (χ1) is 11.1. The summed E-state index contributed by atoms with van der Waals surface area (Å²) in [6.07, 6.45) is 11.2. The first-order valence-corrected chi connectivity index (χ1v) is 8.76. The number of hydrogen-bond donors (Lipinski definition) is 1. The Balaban J connectivity index is 1.59. The molecular formula is C18H26N4O. The molecule has 0 bridgehead atoms. The van der Waals surface area contributed by atoms with E-state index < -0.39 is 0 Å². The van der Waals surface area contributed by atoms with Crippen LogP contribution in [0.4, 0.5) is 0 Å². The number of aromatic nitrogens is 3. The van der Waals surface area contributed by atoms with Gasteiger partial charge in [0.2, 0.25) is 0 Å². The molecule has 1 fully saturated rings. The maximum atomic E-state index is 12.3. The van der Waals surface area contributed by atoms with E-state index in [2.05, 4.69) is 29.2 Å². The molecule has 0 unspecified atom stereocenters. The summed E-state index contributed by atoms with van der Waals surface area (Å²) in [6.45, 7) is 4.90. The smallest absolute Gasteiger partial charge is 0.252 e. The molecule has 0 atom stereocenters. The molecule has 1 aliphatic carbocycles. The van der Waals surface area contributed by atoms with Crippen molar-refractivity contribution in [1.82, 2.24) is 20.1 Å². The molecule has 23 heavy (non-hydrogen) atoms. The van der Waals surface area contributed by atoms with Gasteiger partial charge in [-0.3, -0.25) is 4.79 Å². The molecule has 1 N–H and O–H groups in total. The summed E-state index contributed by atoms with van der Waals surface area (Å²) in [5, 5.41) is 8.29. The van der Waals surface area contributed by atoms with Crippen molar-refractivity contribution in [2.24, 2.45) is 5.92 Å². The van der Waals surface area contributed by atoms with E-state index in [1.54, 1.807) is 12.4 Å². The van der Waals surface area contributed by atoms with Gasteiger partial charge in [-0.15, -0.1) is 0 Å². The lowest BCUT2D eigenvalue weighted by Gasteiger charge is -2.21. The average molecular weight is 314 g/mol. The van der Waals surface area contributed by atoms with Gasteiger partial charge in [0.05, 0.1) is 11.8 Å². The van der Waals surface area contributed by atoms with Gasteiger partial charge in [-0.2, -0.15) is 5.10 Å². The van der Waals surface area contributed by atoms with Crippen LogP contribution in [0, 0.1) is 5.92 Å². The third-order valence-electron chi connectivity index (χ3n) is 4.75. The Morgan fingerprint density at radius 2 is 2.09 bits per heavy atom. The van der Waals surface area contributed by atoms with Gasteiger partial charge in [-0.25, -0.2) is 9.67 Å². The van der Waals surface area contributed by atoms with Crippen molar-refractivity contribution in [2.45, 2.75) is 58.4 Å². The van der Waals surface area contributed by atoms with Crippen molar-refractivity contribution in [3.05, 3.63) is 24.0 Å². The number of nitrogens with zero attached hydrogens (tertiary/aromatic N) is 3. The number of nitrogens with one attached hydrogen (secondary N) is 1.